The van der Waals surface area contributed by atoms with Crippen LogP contribution in [0.3, 0.4) is 0 Å². The van der Waals surface area contributed by atoms with Gasteiger partial charge in [-0.1, -0.05) is 18.2 Å². The zero-order chi connectivity index (χ0) is 11.5. The van der Waals surface area contributed by atoms with Gasteiger partial charge in [0.05, 0.1) is 5.69 Å². The predicted octanol–water partition coefficient (Wildman–Crippen LogP) is 2.67. The Balaban J connectivity index is 1.90. The number of rotatable bonds is 5. The fourth-order valence-corrected chi connectivity index (χ4v) is 1.67. The highest BCUT2D eigenvalue weighted by atomic mass is 16.5. The van der Waals surface area contributed by atoms with Gasteiger partial charge in [0.2, 0.25) is 0 Å². The van der Waals surface area contributed by atoms with Crippen LogP contribution in [0, 0.1) is 5.92 Å². The van der Waals surface area contributed by atoms with Crippen LogP contribution in [-0.4, -0.2) is 11.7 Å². The summed E-state index contributed by atoms with van der Waals surface area (Å²) >= 11 is 0. The zero-order valence-corrected chi connectivity index (χ0v) is 9.02. The molecule has 3 heteroatoms. The molecule has 0 aliphatic heterocycles. The molecule has 0 spiro atoms. The lowest BCUT2D eigenvalue weighted by atomic mass is 10.2. The van der Waals surface area contributed by atoms with E-state index in [1.165, 1.54) is 0 Å². The van der Waals surface area contributed by atoms with E-state index in [9.17, 15) is 5.11 Å². The molecule has 0 aromatic heterocycles. The van der Waals surface area contributed by atoms with Gasteiger partial charge in [-0.05, 0) is 18.6 Å². The molecule has 1 aliphatic carbocycles. The van der Waals surface area contributed by atoms with Crippen molar-refractivity contribution in [3.05, 3.63) is 48.3 Å². The number of anilines is 1. The maximum absolute atomic E-state index is 9.49. The Hall–Kier alpha value is -1.90. The molecule has 0 saturated carbocycles. The van der Waals surface area contributed by atoms with Crippen molar-refractivity contribution in [2.24, 2.45) is 5.92 Å². The summed E-state index contributed by atoms with van der Waals surface area (Å²) in [6.07, 6.45) is 2.57. The quantitative estimate of drug-likeness (QED) is 0.589. The number of hydrogen-bond acceptors (Lipinski definition) is 3. The minimum atomic E-state index is 0.141. The molecule has 84 valence electrons. The summed E-state index contributed by atoms with van der Waals surface area (Å²) in [5.74, 6) is 1.24. The first kappa shape index (κ1) is 10.6. The second-order valence-electron chi connectivity index (χ2n) is 3.81. The van der Waals surface area contributed by atoms with Crippen molar-refractivity contribution in [1.29, 1.82) is 0 Å². The lowest BCUT2D eigenvalue weighted by Gasteiger charge is -2.06. The van der Waals surface area contributed by atoms with E-state index in [2.05, 4.69) is 6.58 Å². The summed E-state index contributed by atoms with van der Waals surface area (Å²) in [7, 11) is 0. The molecule has 0 unspecified atom stereocenters. The highest BCUT2D eigenvalue weighted by molar-refractivity contribution is 5.52. The van der Waals surface area contributed by atoms with E-state index in [1.807, 2.05) is 18.2 Å². The van der Waals surface area contributed by atoms with Crippen LogP contribution in [0.15, 0.2) is 48.3 Å². The average molecular weight is 217 g/mol. The Bertz CT molecular complexity index is 437. The van der Waals surface area contributed by atoms with Crippen molar-refractivity contribution in [2.75, 3.05) is 12.3 Å². The third-order valence-corrected chi connectivity index (χ3v) is 2.70. The summed E-state index contributed by atoms with van der Waals surface area (Å²) in [6, 6.07) is 7.33. The average Bonchev–Trinajstić information content (AvgIpc) is 2.88. The molecule has 3 nitrogen and oxygen atoms in total. The first-order valence-corrected chi connectivity index (χ1v) is 5.24. The molecule has 2 rings (SSSR count). The number of aliphatic hydroxyl groups excluding tert-OH is 1. The lowest BCUT2D eigenvalue weighted by molar-refractivity contribution is 0.353. The molecule has 0 bridgehead atoms. The van der Waals surface area contributed by atoms with Gasteiger partial charge in [-0.2, -0.15) is 0 Å². The highest BCUT2D eigenvalue weighted by Gasteiger charge is 2.35. The number of benzene rings is 1. The van der Waals surface area contributed by atoms with Gasteiger partial charge in [0.15, 0.2) is 0 Å². The third-order valence-electron chi connectivity index (χ3n) is 2.70. The fourth-order valence-electron chi connectivity index (χ4n) is 1.67. The summed E-state index contributed by atoms with van der Waals surface area (Å²) in [6.45, 7) is 4.04. The number of hydrogen-bond donors (Lipinski definition) is 2. The van der Waals surface area contributed by atoms with Gasteiger partial charge < -0.3 is 15.6 Å². The number of allylic oxidation sites excluding steroid dienone is 2. The van der Waals surface area contributed by atoms with Gasteiger partial charge in [0, 0.05) is 11.5 Å². The summed E-state index contributed by atoms with van der Waals surface area (Å²) < 4.78 is 5.53. The SMILES string of the molecule is C=CC[C@@H]1C(O)=C1COc1ccccc1N. The second kappa shape index (κ2) is 4.31. The molecule has 16 heavy (non-hydrogen) atoms. The van der Waals surface area contributed by atoms with E-state index < -0.39 is 0 Å². The molecular weight excluding hydrogens is 202 g/mol. The third kappa shape index (κ3) is 2.03. The first-order valence-electron chi connectivity index (χ1n) is 5.24. The van der Waals surface area contributed by atoms with Crippen LogP contribution in [-0.2, 0) is 0 Å². The van der Waals surface area contributed by atoms with Crippen molar-refractivity contribution >= 4 is 5.69 Å². The van der Waals surface area contributed by atoms with Gasteiger partial charge >= 0.3 is 0 Å². The molecule has 3 N–H and O–H groups in total. The van der Waals surface area contributed by atoms with Crippen molar-refractivity contribution in [2.45, 2.75) is 6.42 Å². The smallest absolute Gasteiger partial charge is 0.142 e. The molecule has 0 saturated heterocycles. The highest BCUT2D eigenvalue weighted by Crippen LogP contribution is 2.40. The van der Waals surface area contributed by atoms with Crippen LogP contribution in [0.5, 0.6) is 5.75 Å². The summed E-state index contributed by atoms with van der Waals surface area (Å²) in [5, 5.41) is 9.49. The summed E-state index contributed by atoms with van der Waals surface area (Å²) in [5.41, 5.74) is 7.30. The molecule has 0 heterocycles. The topological polar surface area (TPSA) is 55.5 Å². The molecule has 0 radical (unpaired) electrons. The van der Waals surface area contributed by atoms with Gasteiger partial charge in [-0.25, -0.2) is 0 Å². The van der Waals surface area contributed by atoms with Crippen molar-refractivity contribution < 1.29 is 9.84 Å². The zero-order valence-electron chi connectivity index (χ0n) is 9.02. The lowest BCUT2D eigenvalue weighted by Crippen LogP contribution is -2.00. The molecule has 1 aromatic rings. The Morgan fingerprint density at radius 3 is 2.88 bits per heavy atom. The van der Waals surface area contributed by atoms with Gasteiger partial charge in [-0.3, -0.25) is 0 Å². The second-order valence-corrected chi connectivity index (χ2v) is 3.81. The predicted molar refractivity (Wildman–Crippen MR) is 64.3 cm³/mol. The fraction of sp³-hybridized carbons (Fsp3) is 0.231. The van der Waals surface area contributed by atoms with E-state index in [1.54, 1.807) is 12.1 Å². The molecule has 0 amide bonds. The number of aliphatic hydroxyl groups is 1. The minimum Gasteiger partial charge on any atom is -0.512 e. The largest absolute Gasteiger partial charge is 0.512 e. The first-order chi connectivity index (χ1) is 7.74. The Morgan fingerprint density at radius 1 is 1.44 bits per heavy atom. The van der Waals surface area contributed by atoms with E-state index in [0.717, 1.165) is 12.0 Å². The molecule has 1 aliphatic rings. The maximum atomic E-state index is 9.49. The van der Waals surface area contributed by atoms with E-state index in [-0.39, 0.29) is 5.92 Å². The Kier molecular flexibility index (Phi) is 2.86. The Labute approximate surface area is 94.8 Å². The number of ether oxygens (including phenoxy) is 1. The summed E-state index contributed by atoms with van der Waals surface area (Å²) in [4.78, 5) is 0. The van der Waals surface area contributed by atoms with Crippen LogP contribution >= 0.6 is 0 Å². The van der Waals surface area contributed by atoms with Crippen molar-refractivity contribution in [3.8, 4) is 5.75 Å². The van der Waals surface area contributed by atoms with Gasteiger partial charge in [0.1, 0.15) is 18.1 Å². The molecule has 1 atom stereocenters. The Morgan fingerprint density at radius 2 is 2.19 bits per heavy atom. The van der Waals surface area contributed by atoms with Gasteiger partial charge in [-0.15, -0.1) is 6.58 Å². The monoisotopic (exact) mass is 217 g/mol. The minimum absolute atomic E-state index is 0.141. The van der Waals surface area contributed by atoms with E-state index in [0.29, 0.717) is 23.8 Å². The van der Waals surface area contributed by atoms with Crippen LogP contribution in [0.1, 0.15) is 6.42 Å². The van der Waals surface area contributed by atoms with Crippen LogP contribution in [0.4, 0.5) is 5.69 Å². The van der Waals surface area contributed by atoms with Gasteiger partial charge in [0.25, 0.3) is 0 Å². The van der Waals surface area contributed by atoms with Crippen molar-refractivity contribution in [3.63, 3.8) is 0 Å². The van der Waals surface area contributed by atoms with Crippen LogP contribution in [0.2, 0.25) is 0 Å². The normalized spacial score (nSPS) is 18.4. The van der Waals surface area contributed by atoms with Crippen LogP contribution in [0.25, 0.3) is 0 Å². The molecule has 1 aromatic carbocycles. The number of para-hydroxylation sites is 2. The van der Waals surface area contributed by atoms with Crippen LogP contribution < -0.4 is 10.5 Å². The number of nitrogens with two attached hydrogens (primary N) is 1. The van der Waals surface area contributed by atoms with E-state index >= 15 is 0 Å². The standard InChI is InChI=1S/C13H15NO2/c1-2-5-9-10(13(9)15)8-16-12-7-4-3-6-11(12)14/h2-4,6-7,9,15H,1,5,8,14H2/t9-/m0/s1. The van der Waals surface area contributed by atoms with Crippen molar-refractivity contribution in [1.82, 2.24) is 0 Å². The maximum Gasteiger partial charge on any atom is 0.142 e. The van der Waals surface area contributed by atoms with E-state index in [4.69, 9.17) is 10.5 Å². The molecular formula is C13H15NO2. The number of nitrogen functional groups attached to an aromatic ring is 1. The molecule has 0 fully saturated rings.